The Bertz CT molecular complexity index is 1760. The molecule has 0 saturated carbocycles. The molecule has 1 atom stereocenters. The van der Waals surface area contributed by atoms with Crippen LogP contribution in [0.1, 0.15) is 47.9 Å². The summed E-state index contributed by atoms with van der Waals surface area (Å²) in [6.45, 7) is 2.16. The number of benzene rings is 3. The van der Waals surface area contributed by atoms with Gasteiger partial charge in [0, 0.05) is 35.4 Å². The zero-order chi connectivity index (χ0) is 30.1. The van der Waals surface area contributed by atoms with Gasteiger partial charge in [-0.25, -0.2) is 0 Å². The van der Waals surface area contributed by atoms with E-state index < -0.39 is 16.6 Å². The van der Waals surface area contributed by atoms with Gasteiger partial charge in [0.15, 0.2) is 5.75 Å². The normalized spacial score (nSPS) is 17.2. The zero-order valence-electron chi connectivity index (χ0n) is 23.5. The van der Waals surface area contributed by atoms with E-state index in [2.05, 4.69) is 22.3 Å². The molecule has 2 aliphatic rings. The van der Waals surface area contributed by atoms with Crippen LogP contribution < -0.4 is 20.9 Å². The minimum absolute atomic E-state index is 0.0741. The van der Waals surface area contributed by atoms with Crippen LogP contribution in [0.4, 0.5) is 15.8 Å². The molecule has 6 rings (SSSR count). The highest BCUT2D eigenvalue weighted by Gasteiger charge is 2.26. The topological polar surface area (TPSA) is 78.9 Å². The van der Waals surface area contributed by atoms with E-state index in [1.54, 1.807) is 6.07 Å². The van der Waals surface area contributed by atoms with Gasteiger partial charge in [-0.15, -0.1) is 0 Å². The summed E-state index contributed by atoms with van der Waals surface area (Å²) in [4.78, 5) is 25.7. The quantitative estimate of drug-likeness (QED) is 0.194. The van der Waals surface area contributed by atoms with E-state index >= 15 is 0 Å². The molecule has 6 nitrogen and oxygen atoms in total. The highest BCUT2D eigenvalue weighted by atomic mass is 35.5. The van der Waals surface area contributed by atoms with Crippen molar-refractivity contribution >= 4 is 45.7 Å². The molecule has 222 valence electrons. The van der Waals surface area contributed by atoms with Crippen LogP contribution in [0, 0.1) is 0 Å². The third kappa shape index (κ3) is 6.07. The summed E-state index contributed by atoms with van der Waals surface area (Å²) in [6.07, 6.45) is 3.96. The number of rotatable bonds is 9. The summed E-state index contributed by atoms with van der Waals surface area (Å²) in [6, 6.07) is 19.5. The molecular weight excluding hydrogens is 590 g/mol. The second-order valence-electron chi connectivity index (χ2n) is 11.1. The maximum atomic E-state index is 12.6. The Morgan fingerprint density at radius 1 is 0.977 bits per heavy atom. The van der Waals surface area contributed by atoms with E-state index in [-0.39, 0.29) is 18.5 Å². The summed E-state index contributed by atoms with van der Waals surface area (Å²) in [5, 5.41) is 13.9. The number of alkyl halides is 1. The van der Waals surface area contributed by atoms with Crippen molar-refractivity contribution in [3.8, 4) is 11.5 Å². The largest absolute Gasteiger partial charge is 0.502 e. The van der Waals surface area contributed by atoms with Crippen LogP contribution in [0.15, 0.2) is 70.3 Å². The SMILES string of the molecule is O=c1c(O)c(Nc2ccc3c(c2)CCCC(c2ccc(Cl)cc2Cl)=C3c2ccc(O[C@H]3CCN(CCCF)C3)cc2)c1=O. The fourth-order valence-electron chi connectivity index (χ4n) is 6.11. The molecule has 0 bridgehead atoms. The van der Waals surface area contributed by atoms with Gasteiger partial charge in [-0.2, -0.15) is 0 Å². The van der Waals surface area contributed by atoms with Crippen molar-refractivity contribution in [1.82, 2.24) is 4.90 Å². The average Bonchev–Trinajstić information content (AvgIpc) is 3.37. The number of ether oxygens (including phenoxy) is 1. The van der Waals surface area contributed by atoms with Crippen LogP contribution in [-0.2, 0) is 6.42 Å². The lowest BCUT2D eigenvalue weighted by Gasteiger charge is -2.20. The Hall–Kier alpha value is -3.65. The summed E-state index contributed by atoms with van der Waals surface area (Å²) in [7, 11) is 0. The predicted octanol–water partition coefficient (Wildman–Crippen LogP) is 7.15. The van der Waals surface area contributed by atoms with E-state index in [0.717, 1.165) is 84.5 Å². The lowest BCUT2D eigenvalue weighted by atomic mass is 9.87. The number of likely N-dealkylation sites (tertiary alicyclic amines) is 1. The maximum absolute atomic E-state index is 12.6. The standard InChI is InChI=1S/C34H31Cl2FN2O4/c35-22-7-11-27(29(36)18-22)28-4-1-3-21-17-23(38-31-32(40)34(42)33(31)41)8-12-26(21)30(28)20-5-9-24(10-6-20)43-25-13-16-39(19-25)15-2-14-37/h5-12,17-18,25,38,40H,1-4,13-16,19H2/t25-/m0/s1. The van der Waals surface area contributed by atoms with E-state index in [1.165, 1.54) is 0 Å². The minimum atomic E-state index is -0.874. The van der Waals surface area contributed by atoms with Crippen LogP contribution in [0.2, 0.25) is 10.0 Å². The third-order valence-corrected chi connectivity index (χ3v) is 8.79. The fourth-order valence-corrected chi connectivity index (χ4v) is 6.63. The molecule has 1 aliphatic heterocycles. The molecular formula is C34H31Cl2FN2O4. The molecule has 2 N–H and O–H groups in total. The van der Waals surface area contributed by atoms with Crippen LogP contribution in [0.3, 0.4) is 0 Å². The number of aryl methyl sites for hydroxylation is 1. The van der Waals surface area contributed by atoms with E-state index in [4.69, 9.17) is 27.9 Å². The highest BCUT2D eigenvalue weighted by molar-refractivity contribution is 6.36. The third-order valence-electron chi connectivity index (χ3n) is 8.24. The fraction of sp³-hybridized carbons (Fsp3) is 0.294. The number of halogens is 3. The van der Waals surface area contributed by atoms with E-state index in [0.29, 0.717) is 22.2 Å². The molecule has 9 heteroatoms. The molecule has 0 aromatic heterocycles. The van der Waals surface area contributed by atoms with Crippen LogP contribution in [0.25, 0.3) is 11.1 Å². The summed E-state index contributed by atoms with van der Waals surface area (Å²) >= 11 is 13.0. The van der Waals surface area contributed by atoms with Crippen LogP contribution in [0.5, 0.6) is 11.5 Å². The first-order valence-corrected chi connectivity index (χ1v) is 15.2. The number of nitrogens with one attached hydrogen (secondary N) is 1. The Kier molecular flexibility index (Phi) is 8.57. The Labute approximate surface area is 259 Å². The average molecular weight is 622 g/mol. The van der Waals surface area contributed by atoms with Crippen LogP contribution >= 0.6 is 23.2 Å². The second kappa shape index (κ2) is 12.5. The van der Waals surface area contributed by atoms with E-state index in [1.807, 2.05) is 42.5 Å². The van der Waals surface area contributed by atoms with Gasteiger partial charge >= 0.3 is 0 Å². The van der Waals surface area contributed by atoms with Crippen molar-refractivity contribution in [1.29, 1.82) is 0 Å². The lowest BCUT2D eigenvalue weighted by molar-refractivity contribution is 0.198. The van der Waals surface area contributed by atoms with Gasteiger partial charge in [0.2, 0.25) is 0 Å². The summed E-state index contributed by atoms with van der Waals surface area (Å²) in [5.74, 6) is 0.251. The van der Waals surface area contributed by atoms with Gasteiger partial charge in [-0.1, -0.05) is 47.5 Å². The second-order valence-corrected chi connectivity index (χ2v) is 11.9. The molecule has 0 radical (unpaired) electrons. The number of allylic oxidation sites excluding steroid dienone is 1. The number of nitrogens with zero attached hydrogens (tertiary/aromatic N) is 1. The van der Waals surface area contributed by atoms with Gasteiger partial charge in [0.1, 0.15) is 17.5 Å². The Morgan fingerprint density at radius 3 is 2.51 bits per heavy atom. The molecule has 1 saturated heterocycles. The number of anilines is 2. The first-order chi connectivity index (χ1) is 20.8. The van der Waals surface area contributed by atoms with Crippen molar-refractivity contribution < 1.29 is 14.2 Å². The zero-order valence-corrected chi connectivity index (χ0v) is 25.0. The van der Waals surface area contributed by atoms with Crippen molar-refractivity contribution in [2.75, 3.05) is 31.6 Å². The minimum Gasteiger partial charge on any atom is -0.502 e. The highest BCUT2D eigenvalue weighted by Crippen LogP contribution is 2.43. The number of hydrogen-bond donors (Lipinski definition) is 2. The predicted molar refractivity (Wildman–Crippen MR) is 171 cm³/mol. The number of aromatic hydroxyl groups is 1. The van der Waals surface area contributed by atoms with Crippen molar-refractivity contribution in [3.05, 3.63) is 113 Å². The first-order valence-electron chi connectivity index (χ1n) is 14.5. The van der Waals surface area contributed by atoms with Gasteiger partial charge < -0.3 is 15.2 Å². The lowest BCUT2D eigenvalue weighted by Crippen LogP contribution is -2.32. The van der Waals surface area contributed by atoms with Crippen LogP contribution in [-0.4, -0.2) is 42.4 Å². The molecule has 43 heavy (non-hydrogen) atoms. The maximum Gasteiger partial charge on any atom is 0.271 e. The molecule has 1 heterocycles. The van der Waals surface area contributed by atoms with Gasteiger partial charge in [-0.05, 0) is 102 Å². The molecule has 1 aliphatic carbocycles. The smallest absolute Gasteiger partial charge is 0.271 e. The monoisotopic (exact) mass is 620 g/mol. The Morgan fingerprint density at radius 2 is 1.77 bits per heavy atom. The molecule has 0 amide bonds. The molecule has 0 unspecified atom stereocenters. The van der Waals surface area contributed by atoms with Crippen molar-refractivity contribution in [2.45, 2.75) is 38.2 Å². The van der Waals surface area contributed by atoms with Crippen molar-refractivity contribution in [2.24, 2.45) is 0 Å². The number of hydrogen-bond acceptors (Lipinski definition) is 6. The molecule has 1 fully saturated rings. The van der Waals surface area contributed by atoms with E-state index in [9.17, 15) is 19.1 Å². The first kappa shape index (κ1) is 29.4. The van der Waals surface area contributed by atoms with Gasteiger partial charge in [-0.3, -0.25) is 18.9 Å². The van der Waals surface area contributed by atoms with Gasteiger partial charge in [0.25, 0.3) is 10.9 Å². The molecule has 4 aromatic carbocycles. The summed E-state index contributed by atoms with van der Waals surface area (Å²) in [5.41, 5.74) is 5.13. The number of fused-ring (bicyclic) bond motifs is 1. The van der Waals surface area contributed by atoms with Gasteiger partial charge in [0.05, 0.1) is 6.67 Å². The Balaban J connectivity index is 1.35. The molecule has 0 spiro atoms. The molecule has 4 aromatic rings. The summed E-state index contributed by atoms with van der Waals surface area (Å²) < 4.78 is 18.9. The van der Waals surface area contributed by atoms with Crippen molar-refractivity contribution in [3.63, 3.8) is 0 Å².